The van der Waals surface area contributed by atoms with Crippen molar-refractivity contribution in [2.45, 2.75) is 50.3 Å². The molecule has 1 amide bonds. The molecule has 3 aliphatic rings. The fourth-order valence-corrected chi connectivity index (χ4v) is 5.47. The lowest BCUT2D eigenvalue weighted by molar-refractivity contribution is -0.154. The van der Waals surface area contributed by atoms with E-state index >= 15 is 0 Å². The second kappa shape index (κ2) is 9.87. The van der Waals surface area contributed by atoms with Gasteiger partial charge in [0.2, 0.25) is 11.9 Å². The van der Waals surface area contributed by atoms with E-state index in [1.807, 2.05) is 17.0 Å². The van der Waals surface area contributed by atoms with E-state index in [0.717, 1.165) is 69.3 Å². The largest absolute Gasteiger partial charge is 0.368 e. The molecule has 5 rings (SSSR count). The van der Waals surface area contributed by atoms with Gasteiger partial charge in [0, 0.05) is 49.8 Å². The number of likely N-dealkylation sites (tertiary alicyclic amines) is 1. The van der Waals surface area contributed by atoms with Crippen LogP contribution in [0.2, 0.25) is 5.02 Å². The van der Waals surface area contributed by atoms with Crippen LogP contribution in [-0.2, 0) is 16.0 Å². The summed E-state index contributed by atoms with van der Waals surface area (Å²) in [6.07, 6.45) is 4.65. The van der Waals surface area contributed by atoms with Gasteiger partial charge < -0.3 is 20.3 Å². The monoisotopic (exact) mass is 473 g/mol. The van der Waals surface area contributed by atoms with Gasteiger partial charge in [-0.3, -0.25) is 14.7 Å². The second-order valence-electron chi connectivity index (χ2n) is 9.29. The van der Waals surface area contributed by atoms with Crippen molar-refractivity contribution in [2.75, 3.05) is 50.0 Å². The number of morpholine rings is 1. The Morgan fingerprint density at radius 2 is 1.85 bits per heavy atom. The van der Waals surface area contributed by atoms with Gasteiger partial charge in [-0.25, -0.2) is 0 Å². The molecule has 0 spiro atoms. The number of halogens is 1. The van der Waals surface area contributed by atoms with Gasteiger partial charge in [-0.1, -0.05) is 23.7 Å². The van der Waals surface area contributed by atoms with Crippen LogP contribution in [0.5, 0.6) is 0 Å². The van der Waals surface area contributed by atoms with Gasteiger partial charge in [0.25, 0.3) is 5.91 Å². The van der Waals surface area contributed by atoms with Crippen molar-refractivity contribution in [3.05, 3.63) is 34.9 Å². The van der Waals surface area contributed by atoms with E-state index in [1.54, 1.807) is 0 Å². The highest BCUT2D eigenvalue weighted by molar-refractivity contribution is 6.30. The Balaban J connectivity index is 1.28. The van der Waals surface area contributed by atoms with Crippen molar-refractivity contribution in [1.82, 2.24) is 25.0 Å². The fourth-order valence-electron chi connectivity index (χ4n) is 5.34. The second-order valence-corrected chi connectivity index (χ2v) is 9.72. The quantitative estimate of drug-likeness (QED) is 0.683. The van der Waals surface area contributed by atoms with Crippen LogP contribution in [0.1, 0.15) is 31.2 Å². The van der Waals surface area contributed by atoms with E-state index < -0.39 is 0 Å². The summed E-state index contributed by atoms with van der Waals surface area (Å²) in [6, 6.07) is 8.65. The molecule has 1 aromatic heterocycles. The first-order valence-corrected chi connectivity index (χ1v) is 12.3. The molecule has 10 heteroatoms. The molecule has 4 heterocycles. The molecule has 0 saturated carbocycles. The van der Waals surface area contributed by atoms with Crippen molar-refractivity contribution >= 4 is 29.4 Å². The van der Waals surface area contributed by atoms with Crippen LogP contribution in [-0.4, -0.2) is 88.4 Å². The Labute approximate surface area is 199 Å². The number of anilines is 2. The van der Waals surface area contributed by atoms with E-state index in [2.05, 4.69) is 37.1 Å². The number of nitrogens with zero attached hydrogens (tertiary/aromatic N) is 5. The highest BCUT2D eigenvalue weighted by atomic mass is 35.5. The number of rotatable bonds is 5. The van der Waals surface area contributed by atoms with Crippen molar-refractivity contribution in [3.63, 3.8) is 0 Å². The van der Waals surface area contributed by atoms with Crippen LogP contribution in [0.25, 0.3) is 0 Å². The van der Waals surface area contributed by atoms with E-state index in [4.69, 9.17) is 22.1 Å². The number of piperidine rings is 1. The number of hydrogen-bond donors (Lipinski definition) is 2. The first kappa shape index (κ1) is 22.4. The van der Waals surface area contributed by atoms with E-state index in [1.165, 1.54) is 5.56 Å². The molecule has 2 atom stereocenters. The summed E-state index contributed by atoms with van der Waals surface area (Å²) in [6.45, 7) is 4.65. The Kier molecular flexibility index (Phi) is 6.71. The number of benzene rings is 1. The van der Waals surface area contributed by atoms with Crippen LogP contribution in [0, 0.1) is 0 Å². The van der Waals surface area contributed by atoms with Crippen LogP contribution in [0.3, 0.4) is 0 Å². The molecular weight excluding hydrogens is 442 g/mol. The molecule has 1 aromatic carbocycles. The zero-order valence-corrected chi connectivity index (χ0v) is 19.6. The minimum atomic E-state index is -0.378. The lowest BCUT2D eigenvalue weighted by atomic mass is 9.96. The molecule has 0 aliphatic carbocycles. The zero-order chi connectivity index (χ0) is 22.8. The molecule has 33 heavy (non-hydrogen) atoms. The number of aromatic amines is 1. The summed E-state index contributed by atoms with van der Waals surface area (Å²) >= 11 is 6.08. The van der Waals surface area contributed by atoms with E-state index in [0.29, 0.717) is 25.1 Å². The molecule has 3 N–H and O–H groups in total. The Morgan fingerprint density at radius 3 is 2.52 bits per heavy atom. The van der Waals surface area contributed by atoms with Gasteiger partial charge in [-0.05, 0) is 49.8 Å². The number of nitrogens with one attached hydrogen (secondary N) is 1. The molecule has 178 valence electrons. The number of ether oxygens (including phenoxy) is 1. The average molecular weight is 474 g/mol. The van der Waals surface area contributed by atoms with Crippen molar-refractivity contribution in [2.24, 2.45) is 0 Å². The summed E-state index contributed by atoms with van der Waals surface area (Å²) in [7, 11) is 0. The lowest BCUT2D eigenvalue weighted by Crippen LogP contribution is -2.60. The van der Waals surface area contributed by atoms with Gasteiger partial charge in [0.1, 0.15) is 6.10 Å². The van der Waals surface area contributed by atoms with Gasteiger partial charge in [-0.2, -0.15) is 0 Å². The first-order chi connectivity index (χ1) is 16.1. The number of nitrogen functional groups attached to an aromatic ring is 1. The van der Waals surface area contributed by atoms with Gasteiger partial charge >= 0.3 is 0 Å². The molecule has 0 unspecified atom stereocenters. The third-order valence-electron chi connectivity index (χ3n) is 7.14. The normalized spacial score (nSPS) is 25.0. The third kappa shape index (κ3) is 5.10. The van der Waals surface area contributed by atoms with Crippen LogP contribution in [0.4, 0.5) is 11.9 Å². The number of carbonyl (C=O) groups is 1. The molecular formula is C23H32ClN7O2. The van der Waals surface area contributed by atoms with Crippen LogP contribution >= 0.6 is 11.6 Å². The van der Waals surface area contributed by atoms with Gasteiger partial charge in [-0.15, -0.1) is 10.2 Å². The summed E-state index contributed by atoms with van der Waals surface area (Å²) in [5.41, 5.74) is 6.94. The van der Waals surface area contributed by atoms with Gasteiger partial charge in [0.15, 0.2) is 0 Å². The maximum atomic E-state index is 13.1. The summed E-state index contributed by atoms with van der Waals surface area (Å²) < 4.78 is 6.17. The predicted octanol–water partition coefficient (Wildman–Crippen LogP) is 1.94. The van der Waals surface area contributed by atoms with E-state index in [9.17, 15) is 4.79 Å². The standard InChI is InChI=1S/C23H32ClN7O2/c24-17-5-3-16(4-6-17)13-19-15-33-20(21(32)29-9-1-2-10-29)14-31(19)18-7-11-30(12-8-18)23-26-22(25)27-28-23/h3-6,18-20H,1-2,7-15H2,(H3,25,26,27,28)/t19-,20+/m0/s1. The zero-order valence-electron chi connectivity index (χ0n) is 18.8. The third-order valence-corrected chi connectivity index (χ3v) is 7.39. The summed E-state index contributed by atoms with van der Waals surface area (Å²) in [5, 5.41) is 8.76. The molecule has 3 fully saturated rings. The maximum absolute atomic E-state index is 13.1. The SMILES string of the molecule is Nc1nnc(N2CCC(N3C[C@H](C(=O)N4CCCC4)OC[C@@H]3Cc3ccc(Cl)cc3)CC2)[nH]1. The van der Waals surface area contributed by atoms with Crippen LogP contribution < -0.4 is 10.6 Å². The number of hydrogen-bond acceptors (Lipinski definition) is 7. The highest BCUT2D eigenvalue weighted by Crippen LogP contribution is 2.27. The lowest BCUT2D eigenvalue weighted by Gasteiger charge is -2.46. The van der Waals surface area contributed by atoms with Crippen LogP contribution in [0.15, 0.2) is 24.3 Å². The molecule has 2 aromatic rings. The Bertz CT molecular complexity index is 939. The average Bonchev–Trinajstić information content (AvgIpc) is 3.53. The molecule has 3 aliphatic heterocycles. The molecule has 0 radical (unpaired) electrons. The molecule has 3 saturated heterocycles. The van der Waals surface area contributed by atoms with Crippen molar-refractivity contribution < 1.29 is 9.53 Å². The highest BCUT2D eigenvalue weighted by Gasteiger charge is 2.39. The number of aromatic nitrogens is 3. The minimum absolute atomic E-state index is 0.150. The first-order valence-electron chi connectivity index (χ1n) is 11.9. The van der Waals surface area contributed by atoms with Crippen molar-refractivity contribution in [3.8, 4) is 0 Å². The van der Waals surface area contributed by atoms with Gasteiger partial charge in [0.05, 0.1) is 6.61 Å². The summed E-state index contributed by atoms with van der Waals surface area (Å²) in [4.78, 5) is 22.8. The number of H-pyrrole nitrogens is 1. The predicted molar refractivity (Wildman–Crippen MR) is 127 cm³/mol. The Morgan fingerprint density at radius 1 is 1.12 bits per heavy atom. The topological polar surface area (TPSA) is 104 Å². The number of carbonyl (C=O) groups excluding carboxylic acids is 1. The molecule has 0 bridgehead atoms. The minimum Gasteiger partial charge on any atom is -0.368 e. The molecule has 9 nitrogen and oxygen atoms in total. The fraction of sp³-hybridized carbons (Fsp3) is 0.609. The maximum Gasteiger partial charge on any atom is 0.253 e. The Hall–Kier alpha value is -2.36. The number of nitrogens with two attached hydrogens (primary N) is 1. The van der Waals surface area contributed by atoms with Crippen molar-refractivity contribution in [1.29, 1.82) is 0 Å². The van der Waals surface area contributed by atoms with E-state index in [-0.39, 0.29) is 18.1 Å². The summed E-state index contributed by atoms with van der Waals surface area (Å²) in [5.74, 6) is 1.22. The smallest absolute Gasteiger partial charge is 0.253 e. The number of amides is 1.